The van der Waals surface area contributed by atoms with Gasteiger partial charge in [-0.3, -0.25) is 9.59 Å². The monoisotopic (exact) mass is 614 g/mol. The molecule has 4 aromatic rings. The lowest BCUT2D eigenvalue weighted by atomic mass is 9.75. The van der Waals surface area contributed by atoms with Gasteiger partial charge < -0.3 is 15.2 Å². The standard InChI is InChI=1S/C31H26ClF3N2O4S/c1-2-3-24(18-4-6-20(7-5-18)30(40)37-13-12-27(38)39)28(19-8-10-23(11-9-19)41-31(33,34)35)26-17-42-29-21(16-36)14-22(32)15-25(26)29/h4-11,14-15,17,24,28H,2-3,12-13H2,1H3,(H,37,40)(H,38,39)/t24?,28-/m1/s1. The summed E-state index contributed by atoms with van der Waals surface area (Å²) < 4.78 is 43.4. The van der Waals surface area contributed by atoms with Crippen molar-refractivity contribution in [1.29, 1.82) is 5.26 Å². The maximum Gasteiger partial charge on any atom is 0.573 e. The molecule has 0 aliphatic rings. The highest BCUT2D eigenvalue weighted by atomic mass is 35.5. The van der Waals surface area contributed by atoms with Crippen molar-refractivity contribution in [2.45, 2.75) is 44.4 Å². The lowest BCUT2D eigenvalue weighted by Gasteiger charge is -2.29. The van der Waals surface area contributed by atoms with Crippen molar-refractivity contribution >= 4 is 44.9 Å². The second kappa shape index (κ2) is 13.3. The summed E-state index contributed by atoms with van der Waals surface area (Å²) >= 11 is 7.79. The molecular formula is C31H26ClF3N2O4S. The molecular weight excluding hydrogens is 589 g/mol. The Labute approximate surface area is 249 Å². The van der Waals surface area contributed by atoms with Crippen LogP contribution >= 0.6 is 22.9 Å². The van der Waals surface area contributed by atoms with E-state index in [1.54, 1.807) is 36.4 Å². The molecule has 3 aromatic carbocycles. The maximum atomic E-state index is 12.8. The van der Waals surface area contributed by atoms with Gasteiger partial charge in [0, 0.05) is 23.0 Å². The highest BCUT2D eigenvalue weighted by molar-refractivity contribution is 7.17. The minimum Gasteiger partial charge on any atom is -0.481 e. The van der Waals surface area contributed by atoms with Gasteiger partial charge >= 0.3 is 12.3 Å². The van der Waals surface area contributed by atoms with Crippen LogP contribution in [0.4, 0.5) is 13.2 Å². The Kier molecular flexibility index (Phi) is 9.76. The van der Waals surface area contributed by atoms with Crippen molar-refractivity contribution in [3.05, 3.63) is 98.9 Å². The van der Waals surface area contributed by atoms with Gasteiger partial charge in [-0.15, -0.1) is 24.5 Å². The Balaban J connectivity index is 1.79. The highest BCUT2D eigenvalue weighted by Gasteiger charge is 2.32. The van der Waals surface area contributed by atoms with E-state index in [2.05, 4.69) is 16.1 Å². The molecule has 0 saturated heterocycles. The quantitative estimate of drug-likeness (QED) is 0.177. The number of amides is 1. The van der Waals surface area contributed by atoms with Crippen molar-refractivity contribution in [2.75, 3.05) is 6.54 Å². The third kappa shape index (κ3) is 7.41. The van der Waals surface area contributed by atoms with Gasteiger partial charge in [0.25, 0.3) is 5.91 Å². The van der Waals surface area contributed by atoms with E-state index in [4.69, 9.17) is 16.7 Å². The molecule has 42 heavy (non-hydrogen) atoms. The summed E-state index contributed by atoms with van der Waals surface area (Å²) in [6.07, 6.45) is -3.51. The van der Waals surface area contributed by atoms with Gasteiger partial charge in [0.05, 0.1) is 16.7 Å². The summed E-state index contributed by atoms with van der Waals surface area (Å²) in [5.41, 5.74) is 3.34. The van der Waals surface area contributed by atoms with Gasteiger partial charge in [-0.1, -0.05) is 49.2 Å². The smallest absolute Gasteiger partial charge is 0.481 e. The molecule has 0 spiro atoms. The Morgan fingerprint density at radius 3 is 2.36 bits per heavy atom. The van der Waals surface area contributed by atoms with Gasteiger partial charge in [0.15, 0.2) is 0 Å². The first-order valence-electron chi connectivity index (χ1n) is 13.1. The SMILES string of the molecule is CCCC(c1ccc(C(=O)NCCC(=O)O)cc1)[C@@H](c1ccc(OC(F)(F)F)cc1)c1csc2c(C#N)cc(Cl)cc12. The minimum absolute atomic E-state index is 0.00295. The first kappa shape index (κ1) is 30.9. The second-order valence-electron chi connectivity index (χ2n) is 9.64. The number of ether oxygens (including phenoxy) is 1. The zero-order chi connectivity index (χ0) is 30.4. The van der Waals surface area contributed by atoms with Crippen molar-refractivity contribution in [3.8, 4) is 11.8 Å². The summed E-state index contributed by atoms with van der Waals surface area (Å²) in [5.74, 6) is -2.23. The van der Waals surface area contributed by atoms with Crippen molar-refractivity contribution < 1.29 is 32.6 Å². The average Bonchev–Trinajstić information content (AvgIpc) is 3.35. The Hall–Kier alpha value is -4.07. The van der Waals surface area contributed by atoms with Crippen LogP contribution in [0.3, 0.4) is 0 Å². The number of alkyl halides is 3. The van der Waals surface area contributed by atoms with Gasteiger partial charge in [0.1, 0.15) is 11.8 Å². The first-order chi connectivity index (χ1) is 20.0. The third-order valence-corrected chi connectivity index (χ3v) is 8.09. The number of carbonyl (C=O) groups is 2. The van der Waals surface area contributed by atoms with Gasteiger partial charge in [0.2, 0.25) is 0 Å². The number of thiophene rings is 1. The first-order valence-corrected chi connectivity index (χ1v) is 14.3. The summed E-state index contributed by atoms with van der Waals surface area (Å²) in [4.78, 5) is 23.3. The van der Waals surface area contributed by atoms with E-state index in [9.17, 15) is 28.0 Å². The Bertz CT molecular complexity index is 1610. The van der Waals surface area contributed by atoms with Gasteiger partial charge in [-0.05, 0) is 76.2 Å². The molecule has 0 aliphatic heterocycles. The number of carboxylic acid groups (broad SMARTS) is 1. The summed E-state index contributed by atoms with van der Waals surface area (Å²) in [6, 6.07) is 18.4. The van der Waals surface area contributed by atoms with Crippen LogP contribution in [0, 0.1) is 11.3 Å². The van der Waals surface area contributed by atoms with E-state index in [1.807, 2.05) is 24.4 Å². The molecule has 1 unspecified atom stereocenters. The molecule has 0 fully saturated rings. The van der Waals surface area contributed by atoms with Crippen LogP contribution in [0.1, 0.15) is 70.6 Å². The maximum absolute atomic E-state index is 12.8. The van der Waals surface area contributed by atoms with E-state index in [0.29, 0.717) is 22.6 Å². The molecule has 2 atom stereocenters. The van der Waals surface area contributed by atoms with E-state index in [1.165, 1.54) is 23.5 Å². The number of rotatable bonds is 11. The van der Waals surface area contributed by atoms with Gasteiger partial charge in [-0.25, -0.2) is 0 Å². The zero-order valence-electron chi connectivity index (χ0n) is 22.4. The van der Waals surface area contributed by atoms with Crippen LogP contribution in [0.25, 0.3) is 10.1 Å². The molecule has 1 amide bonds. The fourth-order valence-corrected chi connectivity index (χ4v) is 6.33. The topological polar surface area (TPSA) is 99.4 Å². The molecule has 0 radical (unpaired) electrons. The van der Waals surface area contributed by atoms with Crippen molar-refractivity contribution in [2.24, 2.45) is 0 Å². The normalized spacial score (nSPS) is 12.9. The molecule has 218 valence electrons. The van der Waals surface area contributed by atoms with Gasteiger partial charge in [-0.2, -0.15) is 5.26 Å². The lowest BCUT2D eigenvalue weighted by molar-refractivity contribution is -0.274. The number of carbonyl (C=O) groups excluding carboxylic acids is 1. The van der Waals surface area contributed by atoms with Crippen LogP contribution in [0.2, 0.25) is 5.02 Å². The molecule has 1 aromatic heterocycles. The number of nitrogens with zero attached hydrogens (tertiary/aromatic N) is 1. The molecule has 6 nitrogen and oxygen atoms in total. The number of aliphatic carboxylic acids is 1. The number of fused-ring (bicyclic) bond motifs is 1. The number of carboxylic acids is 1. The third-order valence-electron chi connectivity index (χ3n) is 6.82. The molecule has 0 aliphatic carbocycles. The van der Waals surface area contributed by atoms with Crippen molar-refractivity contribution in [3.63, 3.8) is 0 Å². The van der Waals surface area contributed by atoms with Crippen LogP contribution in [0.5, 0.6) is 5.75 Å². The van der Waals surface area contributed by atoms with Crippen LogP contribution in [0.15, 0.2) is 66.0 Å². The number of nitriles is 1. The number of benzene rings is 3. The average molecular weight is 615 g/mol. The van der Waals surface area contributed by atoms with Crippen LogP contribution in [-0.4, -0.2) is 29.9 Å². The Morgan fingerprint density at radius 2 is 1.76 bits per heavy atom. The second-order valence-corrected chi connectivity index (χ2v) is 11.0. The fourth-order valence-electron chi connectivity index (χ4n) is 5.05. The van der Waals surface area contributed by atoms with Crippen LogP contribution in [-0.2, 0) is 4.79 Å². The lowest BCUT2D eigenvalue weighted by Crippen LogP contribution is -2.26. The number of nitrogens with one attached hydrogen (secondary N) is 1. The highest BCUT2D eigenvalue weighted by Crippen LogP contribution is 2.47. The van der Waals surface area contributed by atoms with E-state index in [0.717, 1.165) is 33.2 Å². The van der Waals surface area contributed by atoms with E-state index < -0.39 is 18.2 Å². The largest absolute Gasteiger partial charge is 0.573 e. The zero-order valence-corrected chi connectivity index (χ0v) is 23.9. The summed E-state index contributed by atoms with van der Waals surface area (Å²) in [7, 11) is 0. The number of hydrogen-bond donors (Lipinski definition) is 2. The predicted molar refractivity (Wildman–Crippen MR) is 155 cm³/mol. The number of hydrogen-bond acceptors (Lipinski definition) is 5. The predicted octanol–water partition coefficient (Wildman–Crippen LogP) is 8.25. The molecule has 4 rings (SSSR count). The molecule has 0 saturated carbocycles. The van der Waals surface area contributed by atoms with E-state index >= 15 is 0 Å². The number of halogens is 4. The molecule has 11 heteroatoms. The molecule has 1 heterocycles. The summed E-state index contributed by atoms with van der Waals surface area (Å²) in [6.45, 7) is 2.04. The minimum atomic E-state index is -4.82. The van der Waals surface area contributed by atoms with E-state index in [-0.39, 0.29) is 30.6 Å². The fraction of sp³-hybridized carbons (Fsp3) is 0.258. The summed E-state index contributed by atoms with van der Waals surface area (Å²) in [5, 5.41) is 24.2. The molecule has 0 bridgehead atoms. The van der Waals surface area contributed by atoms with Crippen molar-refractivity contribution in [1.82, 2.24) is 5.32 Å². The van der Waals surface area contributed by atoms with Crippen LogP contribution < -0.4 is 10.1 Å². The molecule has 2 N–H and O–H groups in total. The Morgan fingerprint density at radius 1 is 1.10 bits per heavy atom.